The molecule has 1 heterocycles. The van der Waals surface area contributed by atoms with E-state index in [-0.39, 0.29) is 22.4 Å². The van der Waals surface area contributed by atoms with Crippen molar-refractivity contribution in [3.63, 3.8) is 0 Å². The van der Waals surface area contributed by atoms with Gasteiger partial charge in [0.05, 0.1) is 6.20 Å². The van der Waals surface area contributed by atoms with Crippen LogP contribution in [0, 0.1) is 0 Å². The summed E-state index contributed by atoms with van der Waals surface area (Å²) >= 11 is 0. The van der Waals surface area contributed by atoms with E-state index in [4.69, 9.17) is 0 Å². The van der Waals surface area contributed by atoms with Crippen molar-refractivity contribution < 1.29 is 22.4 Å². The summed E-state index contributed by atoms with van der Waals surface area (Å²) in [6, 6.07) is 0. The number of nitrogens with zero attached hydrogens (tertiary/aromatic N) is 2. The van der Waals surface area contributed by atoms with E-state index in [9.17, 15) is 0 Å². The second-order valence-corrected chi connectivity index (χ2v) is 0.660. The van der Waals surface area contributed by atoms with Gasteiger partial charge in [0.25, 0.3) is 0 Å². The van der Waals surface area contributed by atoms with Crippen molar-refractivity contribution in [1.29, 1.82) is 0 Å². The largest absolute Gasteiger partial charge is 0.266 e. The van der Waals surface area contributed by atoms with E-state index in [2.05, 4.69) is 15.4 Å². The van der Waals surface area contributed by atoms with Crippen molar-refractivity contribution in [2.75, 3.05) is 0 Å². The minimum Gasteiger partial charge on any atom is -0.266 e. The summed E-state index contributed by atoms with van der Waals surface area (Å²) in [5.74, 6) is 0. The van der Waals surface area contributed by atoms with Crippen molar-refractivity contribution in [2.45, 2.75) is 0 Å². The summed E-state index contributed by atoms with van der Waals surface area (Å²) in [5.41, 5.74) is 0. The van der Waals surface area contributed by atoms with Crippen LogP contribution in [-0.2, 0) is 22.4 Å². The van der Waals surface area contributed by atoms with Crippen LogP contribution in [0.25, 0.3) is 0 Å². The molecule has 0 unspecified atom stereocenters. The number of H-pyrrole nitrogens is 1. The Morgan fingerprint density at radius 1 is 1.50 bits per heavy atom. The quantitative estimate of drug-likeness (QED) is 0.661. The van der Waals surface area contributed by atoms with E-state index < -0.39 is 0 Å². The summed E-state index contributed by atoms with van der Waals surface area (Å²) in [6.45, 7) is 0. The number of aromatic nitrogens is 3. The Hall–Kier alpha value is -0.120. The SMILES string of the molecule is [Au].c1c[nH]nn1. The van der Waals surface area contributed by atoms with Crippen LogP contribution < -0.4 is 0 Å². The number of hydrogen-bond donors (Lipinski definition) is 1. The van der Waals surface area contributed by atoms with E-state index in [0.29, 0.717) is 0 Å². The van der Waals surface area contributed by atoms with Gasteiger partial charge in [-0.15, -0.1) is 5.10 Å². The maximum Gasteiger partial charge on any atom is 0.0690 e. The van der Waals surface area contributed by atoms with Gasteiger partial charge in [-0.05, 0) is 0 Å². The first-order valence-corrected chi connectivity index (χ1v) is 1.30. The fourth-order valence-corrected chi connectivity index (χ4v) is 0.167. The monoisotopic (exact) mass is 266 g/mol. The molecule has 37 valence electrons. The van der Waals surface area contributed by atoms with Gasteiger partial charge in [0.15, 0.2) is 0 Å². The summed E-state index contributed by atoms with van der Waals surface area (Å²) < 4.78 is 0. The zero-order chi connectivity index (χ0) is 3.54. The topological polar surface area (TPSA) is 41.6 Å². The third-order valence-electron chi connectivity index (χ3n) is 0.331. The van der Waals surface area contributed by atoms with Gasteiger partial charge < -0.3 is 0 Å². The Balaban J connectivity index is 0.000000250. The smallest absolute Gasteiger partial charge is 0.0690 e. The maximum absolute atomic E-state index is 3.42. The third-order valence-corrected chi connectivity index (χ3v) is 0.331. The Morgan fingerprint density at radius 3 is 2.50 bits per heavy atom. The molecule has 1 aromatic heterocycles. The second kappa shape index (κ2) is 3.09. The molecule has 3 nitrogen and oxygen atoms in total. The van der Waals surface area contributed by atoms with Crippen molar-refractivity contribution in [2.24, 2.45) is 0 Å². The van der Waals surface area contributed by atoms with Gasteiger partial charge in [0.1, 0.15) is 0 Å². The van der Waals surface area contributed by atoms with E-state index in [1.54, 1.807) is 12.4 Å². The molecule has 1 aromatic rings. The first-order valence-electron chi connectivity index (χ1n) is 1.30. The Labute approximate surface area is 50.7 Å². The second-order valence-electron chi connectivity index (χ2n) is 0.660. The summed E-state index contributed by atoms with van der Waals surface area (Å²) in [5, 5.41) is 9.26. The van der Waals surface area contributed by atoms with Crippen molar-refractivity contribution in [3.8, 4) is 0 Å². The molecule has 0 aromatic carbocycles. The van der Waals surface area contributed by atoms with Gasteiger partial charge in [0.2, 0.25) is 0 Å². The number of nitrogens with one attached hydrogen (secondary N) is 1. The summed E-state index contributed by atoms with van der Waals surface area (Å²) in [4.78, 5) is 0. The van der Waals surface area contributed by atoms with Crippen LogP contribution in [0.4, 0.5) is 0 Å². The fraction of sp³-hybridized carbons (Fsp3) is 0. The van der Waals surface area contributed by atoms with Crippen molar-refractivity contribution >= 4 is 0 Å². The van der Waals surface area contributed by atoms with Crippen LogP contribution in [0.2, 0.25) is 0 Å². The molecule has 0 aliphatic rings. The molecule has 0 aliphatic carbocycles. The number of aromatic amines is 1. The Bertz CT molecular complexity index is 65.3. The standard InChI is InChI=1S/C2H3N3.Au/c1-2-4-5-3-1;/h1-2H,(H,3,4,5);. The fourth-order valence-electron chi connectivity index (χ4n) is 0.167. The van der Waals surface area contributed by atoms with Crippen LogP contribution in [-0.4, -0.2) is 15.4 Å². The average Bonchev–Trinajstić information content (AvgIpc) is 1.76. The van der Waals surface area contributed by atoms with Crippen molar-refractivity contribution in [1.82, 2.24) is 15.4 Å². The Kier molecular flexibility index (Phi) is 3.02. The van der Waals surface area contributed by atoms with E-state index in [1.807, 2.05) is 0 Å². The molecule has 0 saturated heterocycles. The Morgan fingerprint density at radius 2 is 2.33 bits per heavy atom. The predicted molar refractivity (Wildman–Crippen MR) is 16.4 cm³/mol. The van der Waals surface area contributed by atoms with Gasteiger partial charge in [-0.3, -0.25) is 5.10 Å². The van der Waals surface area contributed by atoms with E-state index in [1.165, 1.54) is 0 Å². The molecule has 0 spiro atoms. The van der Waals surface area contributed by atoms with Gasteiger partial charge in [-0.2, -0.15) is 0 Å². The molecular weight excluding hydrogens is 263 g/mol. The maximum atomic E-state index is 3.42. The summed E-state index contributed by atoms with van der Waals surface area (Å²) in [6.07, 6.45) is 3.24. The third kappa shape index (κ3) is 1.35. The molecule has 4 heteroatoms. The molecule has 1 rings (SSSR count). The first-order chi connectivity index (χ1) is 2.50. The molecular formula is C2H3AuN3. The predicted octanol–water partition coefficient (Wildman–Crippen LogP) is -0.198. The normalized spacial score (nSPS) is 6.67. The van der Waals surface area contributed by atoms with Crippen LogP contribution in [0.5, 0.6) is 0 Å². The molecule has 0 bridgehead atoms. The molecule has 0 saturated carbocycles. The first kappa shape index (κ1) is 5.88. The average molecular weight is 266 g/mol. The molecule has 0 fully saturated rings. The molecule has 6 heavy (non-hydrogen) atoms. The number of rotatable bonds is 0. The molecule has 0 atom stereocenters. The van der Waals surface area contributed by atoms with Crippen LogP contribution in [0.1, 0.15) is 0 Å². The van der Waals surface area contributed by atoms with Crippen LogP contribution >= 0.6 is 0 Å². The van der Waals surface area contributed by atoms with Crippen molar-refractivity contribution in [3.05, 3.63) is 12.4 Å². The van der Waals surface area contributed by atoms with Gasteiger partial charge in [0, 0.05) is 28.6 Å². The minimum absolute atomic E-state index is 0. The minimum atomic E-state index is 0. The molecule has 0 aliphatic heterocycles. The zero-order valence-electron chi connectivity index (χ0n) is 2.85. The summed E-state index contributed by atoms with van der Waals surface area (Å²) in [7, 11) is 0. The molecule has 1 N–H and O–H groups in total. The molecule has 0 amide bonds. The van der Waals surface area contributed by atoms with E-state index >= 15 is 0 Å². The van der Waals surface area contributed by atoms with Gasteiger partial charge in [-0.25, -0.2) is 0 Å². The van der Waals surface area contributed by atoms with Gasteiger partial charge >= 0.3 is 0 Å². The zero-order valence-corrected chi connectivity index (χ0v) is 5.02. The number of hydrogen-bond acceptors (Lipinski definition) is 2. The van der Waals surface area contributed by atoms with Gasteiger partial charge in [-0.1, -0.05) is 5.21 Å². The van der Waals surface area contributed by atoms with Crippen LogP contribution in [0.15, 0.2) is 12.4 Å². The van der Waals surface area contributed by atoms with Crippen LogP contribution in [0.3, 0.4) is 0 Å². The molecule has 1 radical (unpaired) electrons. The van der Waals surface area contributed by atoms with E-state index in [0.717, 1.165) is 0 Å².